The SMILES string of the molecule is Cc1ccnc(-n2c3ccc(CC(C)(C)C)cc3c3ccc(Oc4cc(CC(C)C)cc(-n5nc(C)c(-c6ccccc6)c5C)c4)cc32)c1. The van der Waals surface area contributed by atoms with Gasteiger partial charge in [-0.05, 0) is 116 Å². The summed E-state index contributed by atoms with van der Waals surface area (Å²) in [5.41, 5.74) is 11.6. The summed E-state index contributed by atoms with van der Waals surface area (Å²) in [5.74, 6) is 2.98. The summed E-state index contributed by atoms with van der Waals surface area (Å²) in [6.07, 6.45) is 3.84. The monoisotopic (exact) mass is 646 g/mol. The van der Waals surface area contributed by atoms with Crippen molar-refractivity contribution in [3.05, 3.63) is 131 Å². The lowest BCUT2D eigenvalue weighted by atomic mass is 9.88. The molecule has 3 heterocycles. The minimum absolute atomic E-state index is 0.199. The van der Waals surface area contributed by atoms with Crippen molar-refractivity contribution in [3.8, 4) is 34.1 Å². The van der Waals surface area contributed by atoms with E-state index < -0.39 is 0 Å². The Hall–Kier alpha value is -5.16. The van der Waals surface area contributed by atoms with E-state index in [4.69, 9.17) is 14.8 Å². The lowest BCUT2D eigenvalue weighted by molar-refractivity contribution is 0.411. The average Bonchev–Trinajstić information content (AvgIpc) is 3.52. The predicted octanol–water partition coefficient (Wildman–Crippen LogP) is 11.5. The number of aromatic nitrogens is 4. The van der Waals surface area contributed by atoms with Gasteiger partial charge in [0, 0.05) is 40.4 Å². The lowest BCUT2D eigenvalue weighted by Gasteiger charge is -2.18. The van der Waals surface area contributed by atoms with Crippen LogP contribution in [0.4, 0.5) is 0 Å². The second-order valence-electron chi connectivity index (χ2n) is 15.2. The molecule has 0 aliphatic rings. The van der Waals surface area contributed by atoms with Crippen LogP contribution in [-0.4, -0.2) is 19.3 Å². The molecule has 0 spiro atoms. The number of rotatable bonds is 8. The third-order valence-electron chi connectivity index (χ3n) is 9.10. The Morgan fingerprint density at radius 1 is 0.735 bits per heavy atom. The van der Waals surface area contributed by atoms with Crippen molar-refractivity contribution in [2.24, 2.45) is 11.3 Å². The normalized spacial score (nSPS) is 12.0. The minimum atomic E-state index is 0.199. The van der Waals surface area contributed by atoms with Crippen LogP contribution >= 0.6 is 0 Å². The van der Waals surface area contributed by atoms with Crippen LogP contribution in [0.5, 0.6) is 11.5 Å². The molecule has 5 nitrogen and oxygen atoms in total. The highest BCUT2D eigenvalue weighted by molar-refractivity contribution is 6.09. The summed E-state index contributed by atoms with van der Waals surface area (Å²) in [4.78, 5) is 4.81. The standard InChI is InChI=1S/C44H46N4O/c1-28(2)20-33-22-35(48-31(5)43(30(4)46-48)34-12-10-9-11-13-34)25-37(23-33)49-36-15-16-38-39-24-32(27-44(6,7)8)14-17-40(39)47(41(38)26-36)42-21-29(3)18-19-45-42/h9-19,21-26,28H,20,27H2,1-8H3. The molecular formula is C44H46N4O. The number of ether oxygens (including phenoxy) is 1. The molecule has 0 fully saturated rings. The molecule has 0 aliphatic carbocycles. The predicted molar refractivity (Wildman–Crippen MR) is 204 cm³/mol. The molecule has 49 heavy (non-hydrogen) atoms. The maximum absolute atomic E-state index is 6.76. The molecule has 5 heteroatoms. The van der Waals surface area contributed by atoms with E-state index in [1.165, 1.54) is 38.6 Å². The van der Waals surface area contributed by atoms with Crippen LogP contribution in [0.2, 0.25) is 0 Å². The summed E-state index contributed by atoms with van der Waals surface area (Å²) in [6, 6.07) is 34.6. The largest absolute Gasteiger partial charge is 0.457 e. The van der Waals surface area contributed by atoms with Gasteiger partial charge < -0.3 is 4.74 Å². The Kier molecular flexibility index (Phi) is 8.40. The third-order valence-corrected chi connectivity index (χ3v) is 9.10. The van der Waals surface area contributed by atoms with Gasteiger partial charge in [-0.1, -0.05) is 71.0 Å². The first-order valence-corrected chi connectivity index (χ1v) is 17.4. The third kappa shape index (κ3) is 6.63. The molecule has 0 bridgehead atoms. The molecule has 0 saturated carbocycles. The van der Waals surface area contributed by atoms with E-state index in [0.29, 0.717) is 5.92 Å². The molecule has 0 N–H and O–H groups in total. The van der Waals surface area contributed by atoms with Crippen LogP contribution in [0.25, 0.3) is 44.4 Å². The van der Waals surface area contributed by atoms with Crippen molar-refractivity contribution in [1.29, 1.82) is 0 Å². The Morgan fingerprint density at radius 3 is 2.27 bits per heavy atom. The first kappa shape index (κ1) is 32.4. The van der Waals surface area contributed by atoms with E-state index >= 15 is 0 Å². The number of hydrogen-bond acceptors (Lipinski definition) is 3. The van der Waals surface area contributed by atoms with E-state index in [1.54, 1.807) is 0 Å². The van der Waals surface area contributed by atoms with Gasteiger partial charge in [0.05, 0.1) is 22.4 Å². The van der Waals surface area contributed by atoms with E-state index in [1.807, 2.05) is 12.3 Å². The number of fused-ring (bicyclic) bond motifs is 3. The highest BCUT2D eigenvalue weighted by Gasteiger charge is 2.19. The van der Waals surface area contributed by atoms with E-state index in [9.17, 15) is 0 Å². The minimum Gasteiger partial charge on any atom is -0.457 e. The van der Waals surface area contributed by atoms with Crippen molar-refractivity contribution in [2.45, 2.75) is 68.2 Å². The maximum Gasteiger partial charge on any atom is 0.137 e. The van der Waals surface area contributed by atoms with Gasteiger partial charge in [0.25, 0.3) is 0 Å². The van der Waals surface area contributed by atoms with Crippen molar-refractivity contribution < 1.29 is 4.74 Å². The fourth-order valence-corrected chi connectivity index (χ4v) is 7.19. The molecule has 248 valence electrons. The fraction of sp³-hybridized carbons (Fsp3) is 0.273. The number of aryl methyl sites for hydroxylation is 2. The zero-order valence-electron chi connectivity index (χ0n) is 30.0. The zero-order valence-corrected chi connectivity index (χ0v) is 30.0. The molecule has 0 saturated heterocycles. The molecular weight excluding hydrogens is 601 g/mol. The molecule has 3 aromatic heterocycles. The van der Waals surface area contributed by atoms with Gasteiger partial charge in [-0.25, -0.2) is 9.67 Å². The summed E-state index contributed by atoms with van der Waals surface area (Å²) in [7, 11) is 0. The maximum atomic E-state index is 6.76. The summed E-state index contributed by atoms with van der Waals surface area (Å²) >= 11 is 0. The van der Waals surface area contributed by atoms with E-state index in [0.717, 1.165) is 58.3 Å². The van der Waals surface area contributed by atoms with Gasteiger partial charge in [0.2, 0.25) is 0 Å². The van der Waals surface area contributed by atoms with Crippen LogP contribution in [0.1, 0.15) is 62.7 Å². The van der Waals surface area contributed by atoms with Crippen molar-refractivity contribution in [2.75, 3.05) is 0 Å². The van der Waals surface area contributed by atoms with Gasteiger partial charge in [0.1, 0.15) is 17.3 Å². The van der Waals surface area contributed by atoms with Crippen molar-refractivity contribution in [1.82, 2.24) is 19.3 Å². The number of nitrogens with zero attached hydrogens (tertiary/aromatic N) is 4. The molecule has 0 atom stereocenters. The fourth-order valence-electron chi connectivity index (χ4n) is 7.19. The quantitative estimate of drug-likeness (QED) is 0.165. The van der Waals surface area contributed by atoms with Crippen LogP contribution in [0, 0.1) is 32.1 Å². The highest BCUT2D eigenvalue weighted by atomic mass is 16.5. The summed E-state index contributed by atoms with van der Waals surface area (Å²) in [6.45, 7) is 17.7. The van der Waals surface area contributed by atoms with Gasteiger partial charge in [-0.3, -0.25) is 4.57 Å². The lowest BCUT2D eigenvalue weighted by Crippen LogP contribution is -2.08. The van der Waals surface area contributed by atoms with Crippen LogP contribution in [-0.2, 0) is 12.8 Å². The topological polar surface area (TPSA) is 44.9 Å². The van der Waals surface area contributed by atoms with Gasteiger partial charge in [-0.2, -0.15) is 5.10 Å². The van der Waals surface area contributed by atoms with Crippen LogP contribution in [0.3, 0.4) is 0 Å². The molecule has 4 aromatic carbocycles. The van der Waals surface area contributed by atoms with Gasteiger partial charge in [-0.15, -0.1) is 0 Å². The van der Waals surface area contributed by atoms with Gasteiger partial charge >= 0.3 is 0 Å². The van der Waals surface area contributed by atoms with Crippen molar-refractivity contribution >= 4 is 21.8 Å². The second kappa shape index (κ2) is 12.7. The molecule has 7 rings (SSSR count). The number of benzene rings is 4. The van der Waals surface area contributed by atoms with Crippen LogP contribution in [0.15, 0.2) is 103 Å². The molecule has 0 amide bonds. The van der Waals surface area contributed by atoms with Crippen molar-refractivity contribution in [3.63, 3.8) is 0 Å². The first-order chi connectivity index (χ1) is 23.4. The Bertz CT molecular complexity index is 2300. The highest BCUT2D eigenvalue weighted by Crippen LogP contribution is 2.37. The zero-order chi connectivity index (χ0) is 34.4. The molecule has 0 aliphatic heterocycles. The molecule has 7 aromatic rings. The molecule has 0 radical (unpaired) electrons. The van der Waals surface area contributed by atoms with E-state index in [2.05, 4.69) is 156 Å². The summed E-state index contributed by atoms with van der Waals surface area (Å²) in [5, 5.41) is 7.44. The van der Waals surface area contributed by atoms with Crippen LogP contribution < -0.4 is 4.74 Å². The van der Waals surface area contributed by atoms with Gasteiger partial charge in [0.15, 0.2) is 0 Å². The Balaban J connectivity index is 1.34. The number of pyridine rings is 1. The first-order valence-electron chi connectivity index (χ1n) is 17.4. The smallest absolute Gasteiger partial charge is 0.137 e. The van der Waals surface area contributed by atoms with E-state index in [-0.39, 0.29) is 5.41 Å². The average molecular weight is 647 g/mol. The molecule has 0 unspecified atom stereocenters. The Morgan fingerprint density at radius 2 is 1.53 bits per heavy atom. The number of hydrogen-bond donors (Lipinski definition) is 0. The summed E-state index contributed by atoms with van der Waals surface area (Å²) < 4.78 is 11.1. The Labute approximate surface area is 290 Å². The second-order valence-corrected chi connectivity index (χ2v) is 15.2.